The predicted molar refractivity (Wildman–Crippen MR) is 90.0 cm³/mol. The first-order valence-corrected chi connectivity index (χ1v) is 7.86. The minimum absolute atomic E-state index is 0.393. The van der Waals surface area contributed by atoms with Gasteiger partial charge in [-0.3, -0.25) is 0 Å². The number of hydrogen-bond donors (Lipinski definition) is 1. The maximum absolute atomic E-state index is 6.27. The lowest BCUT2D eigenvalue weighted by Crippen LogP contribution is -2.13. The molecule has 2 rings (SSSR count). The number of hydrogen-bond acceptors (Lipinski definition) is 2. The van der Waals surface area contributed by atoms with E-state index in [0.717, 1.165) is 25.1 Å². The van der Waals surface area contributed by atoms with Crippen molar-refractivity contribution in [1.82, 2.24) is 5.32 Å². The van der Waals surface area contributed by atoms with Crippen molar-refractivity contribution in [2.75, 3.05) is 6.54 Å². The Kier molecular flexibility index (Phi) is 6.19. The molecule has 0 heterocycles. The van der Waals surface area contributed by atoms with E-state index in [-0.39, 0.29) is 0 Å². The molecule has 2 aromatic carbocycles. The van der Waals surface area contributed by atoms with Gasteiger partial charge in [0.25, 0.3) is 0 Å². The molecule has 2 nitrogen and oxygen atoms in total. The molecular formula is C16H16Cl3NO. The average Bonchev–Trinajstić information content (AvgIpc) is 2.46. The summed E-state index contributed by atoms with van der Waals surface area (Å²) in [6, 6.07) is 10.9. The van der Waals surface area contributed by atoms with Gasteiger partial charge in [0, 0.05) is 11.6 Å². The van der Waals surface area contributed by atoms with Crippen LogP contribution in [0.15, 0.2) is 36.4 Å². The third kappa shape index (κ3) is 4.52. The Morgan fingerprint density at radius 1 is 1.05 bits per heavy atom. The van der Waals surface area contributed by atoms with Crippen LogP contribution in [0, 0.1) is 0 Å². The fourth-order valence-corrected chi connectivity index (χ4v) is 2.39. The number of halogens is 3. The summed E-state index contributed by atoms with van der Waals surface area (Å²) in [5.74, 6) is 1.14. The molecule has 1 N–H and O–H groups in total. The van der Waals surface area contributed by atoms with E-state index in [1.165, 1.54) is 0 Å². The summed E-state index contributed by atoms with van der Waals surface area (Å²) in [6.07, 6.45) is 1.09. The van der Waals surface area contributed by atoms with Crippen LogP contribution in [0.25, 0.3) is 0 Å². The second-order valence-electron chi connectivity index (χ2n) is 4.58. The van der Waals surface area contributed by atoms with E-state index < -0.39 is 0 Å². The van der Waals surface area contributed by atoms with Crippen LogP contribution in [-0.4, -0.2) is 6.54 Å². The molecule has 112 valence electrons. The maximum Gasteiger partial charge on any atom is 0.147 e. The van der Waals surface area contributed by atoms with Crippen LogP contribution in [0.5, 0.6) is 11.5 Å². The van der Waals surface area contributed by atoms with Crippen molar-refractivity contribution in [3.63, 3.8) is 0 Å². The van der Waals surface area contributed by atoms with Crippen molar-refractivity contribution in [2.24, 2.45) is 0 Å². The average molecular weight is 345 g/mol. The van der Waals surface area contributed by atoms with Crippen LogP contribution in [-0.2, 0) is 6.54 Å². The van der Waals surface area contributed by atoms with Crippen molar-refractivity contribution < 1.29 is 4.74 Å². The lowest BCUT2D eigenvalue weighted by atomic mass is 10.2. The van der Waals surface area contributed by atoms with E-state index in [9.17, 15) is 0 Å². The molecule has 21 heavy (non-hydrogen) atoms. The van der Waals surface area contributed by atoms with Crippen LogP contribution in [0.4, 0.5) is 0 Å². The van der Waals surface area contributed by atoms with Crippen molar-refractivity contribution in [3.05, 3.63) is 57.0 Å². The molecule has 0 fully saturated rings. The molecule has 0 spiro atoms. The van der Waals surface area contributed by atoms with Crippen molar-refractivity contribution in [1.29, 1.82) is 0 Å². The van der Waals surface area contributed by atoms with E-state index >= 15 is 0 Å². The molecule has 0 bridgehead atoms. The Bertz CT molecular complexity index is 616. The summed E-state index contributed by atoms with van der Waals surface area (Å²) >= 11 is 18.3. The van der Waals surface area contributed by atoms with Gasteiger partial charge in [-0.05, 0) is 42.8 Å². The standard InChI is InChI=1S/C16H16Cl3NO/c1-2-8-20-10-11-6-7-12(9-14(11)18)21-15-5-3-4-13(17)16(15)19/h3-7,9,20H,2,8,10H2,1H3. The SMILES string of the molecule is CCCNCc1ccc(Oc2cccc(Cl)c2Cl)cc1Cl. The molecule has 2 aromatic rings. The first kappa shape index (κ1) is 16.4. The number of rotatable bonds is 6. The van der Waals surface area contributed by atoms with Crippen LogP contribution in [0.1, 0.15) is 18.9 Å². The Hall–Kier alpha value is -0.930. The molecule has 5 heteroatoms. The molecule has 0 atom stereocenters. The molecule has 0 radical (unpaired) electrons. The fraction of sp³-hybridized carbons (Fsp3) is 0.250. The molecule has 0 aliphatic rings. The molecule has 0 aliphatic carbocycles. The van der Waals surface area contributed by atoms with Gasteiger partial charge in [0.1, 0.15) is 16.5 Å². The summed E-state index contributed by atoms with van der Waals surface area (Å²) in [5.41, 5.74) is 1.04. The van der Waals surface area contributed by atoms with Gasteiger partial charge in [-0.1, -0.05) is 53.9 Å². The second-order valence-corrected chi connectivity index (χ2v) is 5.78. The highest BCUT2D eigenvalue weighted by molar-refractivity contribution is 6.42. The van der Waals surface area contributed by atoms with Gasteiger partial charge in [0.05, 0.1) is 5.02 Å². The summed E-state index contributed by atoms with van der Waals surface area (Å²) in [4.78, 5) is 0. The highest BCUT2D eigenvalue weighted by atomic mass is 35.5. The van der Waals surface area contributed by atoms with Crippen LogP contribution >= 0.6 is 34.8 Å². The molecule has 0 saturated heterocycles. The van der Waals surface area contributed by atoms with Gasteiger partial charge < -0.3 is 10.1 Å². The van der Waals surface area contributed by atoms with Crippen LogP contribution < -0.4 is 10.1 Å². The normalized spacial score (nSPS) is 10.7. The van der Waals surface area contributed by atoms with Gasteiger partial charge in [0.15, 0.2) is 0 Å². The summed E-state index contributed by atoms with van der Waals surface area (Å²) < 4.78 is 5.73. The second kappa shape index (κ2) is 7.90. The first-order chi connectivity index (χ1) is 10.1. The van der Waals surface area contributed by atoms with E-state index in [1.54, 1.807) is 24.3 Å². The first-order valence-electron chi connectivity index (χ1n) is 6.73. The van der Waals surface area contributed by atoms with Crippen molar-refractivity contribution in [2.45, 2.75) is 19.9 Å². The number of benzene rings is 2. The predicted octanol–water partition coefficient (Wildman–Crippen LogP) is 5.94. The van der Waals surface area contributed by atoms with Gasteiger partial charge >= 0.3 is 0 Å². The van der Waals surface area contributed by atoms with Crippen molar-refractivity contribution >= 4 is 34.8 Å². The van der Waals surface area contributed by atoms with E-state index in [0.29, 0.717) is 26.6 Å². The highest BCUT2D eigenvalue weighted by Gasteiger charge is 2.08. The molecular weight excluding hydrogens is 329 g/mol. The third-order valence-corrected chi connectivity index (χ3v) is 4.06. The molecule has 0 unspecified atom stereocenters. The zero-order chi connectivity index (χ0) is 15.2. The van der Waals surface area contributed by atoms with Gasteiger partial charge in [-0.15, -0.1) is 0 Å². The summed E-state index contributed by atoms with van der Waals surface area (Å²) in [7, 11) is 0. The Balaban J connectivity index is 2.11. The van der Waals surface area contributed by atoms with Gasteiger partial charge in [-0.2, -0.15) is 0 Å². The monoisotopic (exact) mass is 343 g/mol. The number of nitrogens with one attached hydrogen (secondary N) is 1. The quantitative estimate of drug-likeness (QED) is 0.655. The number of ether oxygens (including phenoxy) is 1. The maximum atomic E-state index is 6.27. The zero-order valence-corrected chi connectivity index (χ0v) is 13.9. The minimum atomic E-state index is 0.393. The topological polar surface area (TPSA) is 21.3 Å². The van der Waals surface area contributed by atoms with Crippen LogP contribution in [0.2, 0.25) is 15.1 Å². The van der Waals surface area contributed by atoms with E-state index in [1.807, 2.05) is 12.1 Å². The lowest BCUT2D eigenvalue weighted by molar-refractivity contribution is 0.482. The fourth-order valence-electron chi connectivity index (χ4n) is 1.82. The largest absolute Gasteiger partial charge is 0.456 e. The third-order valence-electron chi connectivity index (χ3n) is 2.91. The molecule has 0 amide bonds. The summed E-state index contributed by atoms with van der Waals surface area (Å²) in [6.45, 7) is 3.83. The summed E-state index contributed by atoms with van der Waals surface area (Å²) in [5, 5.41) is 4.83. The molecule has 0 aromatic heterocycles. The smallest absolute Gasteiger partial charge is 0.147 e. The molecule has 0 aliphatic heterocycles. The zero-order valence-electron chi connectivity index (χ0n) is 11.6. The minimum Gasteiger partial charge on any atom is -0.456 e. The Morgan fingerprint density at radius 3 is 2.57 bits per heavy atom. The Morgan fingerprint density at radius 2 is 1.86 bits per heavy atom. The molecule has 0 saturated carbocycles. The van der Waals surface area contributed by atoms with Gasteiger partial charge in [-0.25, -0.2) is 0 Å². The van der Waals surface area contributed by atoms with E-state index in [4.69, 9.17) is 39.5 Å². The van der Waals surface area contributed by atoms with E-state index in [2.05, 4.69) is 12.2 Å². The lowest BCUT2D eigenvalue weighted by Gasteiger charge is -2.11. The highest BCUT2D eigenvalue weighted by Crippen LogP contribution is 2.35. The van der Waals surface area contributed by atoms with Crippen molar-refractivity contribution in [3.8, 4) is 11.5 Å². The van der Waals surface area contributed by atoms with Gasteiger partial charge in [0.2, 0.25) is 0 Å². The van der Waals surface area contributed by atoms with Crippen LogP contribution in [0.3, 0.4) is 0 Å². The Labute approximate surface area is 140 Å².